The van der Waals surface area contributed by atoms with Gasteiger partial charge in [0.2, 0.25) is 10.0 Å². The molecule has 5 atom stereocenters. The Hall–Kier alpha value is -1.03. The smallest absolute Gasteiger partial charge is 0.241 e. The fourth-order valence-corrected chi connectivity index (χ4v) is 4.65. The number of ether oxygens (including phenoxy) is 1. The molecule has 1 aliphatic rings. The molecule has 0 spiro atoms. The molecular formula is C16H25NO6S. The number of aliphatic hydroxyl groups excluding tert-OH is 3. The number of rotatable bonds is 4. The molecule has 7 nitrogen and oxygen atoms in total. The molecule has 1 saturated heterocycles. The first kappa shape index (κ1) is 19.3. The zero-order chi connectivity index (χ0) is 18.2. The van der Waals surface area contributed by atoms with Crippen molar-refractivity contribution in [3.05, 3.63) is 28.8 Å². The van der Waals surface area contributed by atoms with Crippen molar-refractivity contribution in [2.75, 3.05) is 6.54 Å². The van der Waals surface area contributed by atoms with Gasteiger partial charge in [-0.2, -0.15) is 0 Å². The summed E-state index contributed by atoms with van der Waals surface area (Å²) >= 11 is 0. The monoisotopic (exact) mass is 359 g/mol. The molecule has 8 heteroatoms. The highest BCUT2D eigenvalue weighted by Gasteiger charge is 2.42. The molecule has 1 aliphatic heterocycles. The van der Waals surface area contributed by atoms with Gasteiger partial charge in [0.25, 0.3) is 0 Å². The van der Waals surface area contributed by atoms with Crippen molar-refractivity contribution >= 4 is 10.0 Å². The van der Waals surface area contributed by atoms with Gasteiger partial charge < -0.3 is 20.1 Å². The van der Waals surface area contributed by atoms with Gasteiger partial charge in [-0.1, -0.05) is 17.7 Å². The number of benzene rings is 1. The fraction of sp³-hybridized carbons (Fsp3) is 0.625. The van der Waals surface area contributed by atoms with Gasteiger partial charge in [0.15, 0.2) is 0 Å². The summed E-state index contributed by atoms with van der Waals surface area (Å²) in [5, 5.41) is 29.4. The van der Waals surface area contributed by atoms with Crippen molar-refractivity contribution in [2.24, 2.45) is 0 Å². The lowest BCUT2D eigenvalue weighted by Gasteiger charge is -2.39. The topological polar surface area (TPSA) is 116 Å². The van der Waals surface area contributed by atoms with Gasteiger partial charge in [0.1, 0.15) is 24.4 Å². The summed E-state index contributed by atoms with van der Waals surface area (Å²) in [6.45, 7) is 6.69. The third kappa shape index (κ3) is 3.79. The van der Waals surface area contributed by atoms with E-state index in [2.05, 4.69) is 4.72 Å². The standard InChI is InChI=1S/C16H25NO6S/c1-8-5-9(2)16(10(3)6-8)24(21,22)17-7-12-14(19)15(20)13(18)11(4)23-12/h5-6,11-15,17-20H,7H2,1-4H3/t11?,12-,13-,14?,15+/m1/s1. The first-order valence-electron chi connectivity index (χ1n) is 7.81. The van der Waals surface area contributed by atoms with Crippen molar-refractivity contribution in [3.63, 3.8) is 0 Å². The highest BCUT2D eigenvalue weighted by molar-refractivity contribution is 7.89. The van der Waals surface area contributed by atoms with E-state index in [0.29, 0.717) is 11.1 Å². The third-order valence-corrected chi connectivity index (χ3v) is 6.03. The largest absolute Gasteiger partial charge is 0.388 e. The Balaban J connectivity index is 2.17. The highest BCUT2D eigenvalue weighted by atomic mass is 32.2. The van der Waals surface area contributed by atoms with Crippen LogP contribution in [0, 0.1) is 20.8 Å². The molecule has 0 bridgehead atoms. The molecule has 0 radical (unpaired) electrons. The lowest BCUT2D eigenvalue weighted by molar-refractivity contribution is -0.214. The van der Waals surface area contributed by atoms with E-state index >= 15 is 0 Å². The van der Waals surface area contributed by atoms with E-state index in [0.717, 1.165) is 5.56 Å². The third-order valence-electron chi connectivity index (χ3n) is 4.30. The lowest BCUT2D eigenvalue weighted by Crippen LogP contribution is -2.59. The summed E-state index contributed by atoms with van der Waals surface area (Å²) in [7, 11) is -3.79. The molecule has 4 N–H and O–H groups in total. The minimum atomic E-state index is -3.79. The SMILES string of the molecule is Cc1cc(C)c(S(=O)(=O)NC[C@H]2OC(C)[C@@H](O)[C@H](O)C2O)c(C)c1. The van der Waals surface area contributed by atoms with Crippen LogP contribution in [0.15, 0.2) is 17.0 Å². The number of hydrogen-bond donors (Lipinski definition) is 4. The second kappa shape index (κ2) is 7.07. The van der Waals surface area contributed by atoms with Gasteiger partial charge in [-0.15, -0.1) is 0 Å². The van der Waals surface area contributed by atoms with E-state index in [4.69, 9.17) is 4.74 Å². The Morgan fingerprint density at radius 2 is 1.58 bits per heavy atom. The number of hydrogen-bond acceptors (Lipinski definition) is 6. The van der Waals surface area contributed by atoms with Gasteiger partial charge in [-0.3, -0.25) is 0 Å². The Labute approximate surface area is 142 Å². The fourth-order valence-electron chi connectivity index (χ4n) is 3.16. The molecule has 1 aromatic rings. The highest BCUT2D eigenvalue weighted by Crippen LogP contribution is 2.23. The van der Waals surface area contributed by atoms with Crippen LogP contribution < -0.4 is 4.72 Å². The molecule has 0 amide bonds. The van der Waals surface area contributed by atoms with Crippen LogP contribution in [0.25, 0.3) is 0 Å². The van der Waals surface area contributed by atoms with Crippen molar-refractivity contribution < 1.29 is 28.5 Å². The van der Waals surface area contributed by atoms with Crippen LogP contribution in [0.3, 0.4) is 0 Å². The van der Waals surface area contributed by atoms with E-state index in [9.17, 15) is 23.7 Å². The van der Waals surface area contributed by atoms with Gasteiger partial charge in [-0.05, 0) is 38.8 Å². The average molecular weight is 359 g/mol. The minimum Gasteiger partial charge on any atom is -0.388 e. The predicted octanol–water partition coefficient (Wildman–Crippen LogP) is -0.240. The summed E-state index contributed by atoms with van der Waals surface area (Å²) in [4.78, 5) is 0.201. The zero-order valence-corrected chi connectivity index (χ0v) is 15.0. The maximum Gasteiger partial charge on any atom is 0.241 e. The summed E-state index contributed by atoms with van der Waals surface area (Å²) in [6, 6.07) is 3.57. The maximum atomic E-state index is 12.6. The molecule has 1 fully saturated rings. The van der Waals surface area contributed by atoms with Crippen molar-refractivity contribution in [3.8, 4) is 0 Å². The number of nitrogens with one attached hydrogen (secondary N) is 1. The van der Waals surface area contributed by atoms with Gasteiger partial charge in [0, 0.05) is 6.54 Å². The molecule has 2 rings (SSSR count). The Morgan fingerprint density at radius 1 is 1.04 bits per heavy atom. The lowest BCUT2D eigenvalue weighted by atomic mass is 9.96. The van der Waals surface area contributed by atoms with Gasteiger partial charge >= 0.3 is 0 Å². The van der Waals surface area contributed by atoms with E-state index in [1.807, 2.05) is 6.92 Å². The Morgan fingerprint density at radius 3 is 2.12 bits per heavy atom. The summed E-state index contributed by atoms with van der Waals surface area (Å²) in [5.74, 6) is 0. The van der Waals surface area contributed by atoms with Gasteiger partial charge in [0.05, 0.1) is 11.0 Å². The molecule has 0 saturated carbocycles. The van der Waals surface area contributed by atoms with E-state index < -0.39 is 40.5 Å². The van der Waals surface area contributed by atoms with Crippen LogP contribution in [0.2, 0.25) is 0 Å². The Bertz CT molecular complexity index is 682. The molecule has 2 unspecified atom stereocenters. The van der Waals surface area contributed by atoms with E-state index in [-0.39, 0.29) is 11.4 Å². The normalized spacial score (nSPS) is 31.2. The van der Waals surface area contributed by atoms with Crippen molar-refractivity contribution in [2.45, 2.75) is 63.1 Å². The second-order valence-corrected chi connectivity index (χ2v) is 8.13. The predicted molar refractivity (Wildman–Crippen MR) is 88.2 cm³/mol. The van der Waals surface area contributed by atoms with Crippen LogP contribution in [-0.4, -0.2) is 60.8 Å². The molecule has 1 heterocycles. The average Bonchev–Trinajstić information content (AvgIpc) is 2.46. The summed E-state index contributed by atoms with van der Waals surface area (Å²) < 4.78 is 33.0. The molecule has 24 heavy (non-hydrogen) atoms. The van der Waals surface area contributed by atoms with Crippen molar-refractivity contribution in [1.82, 2.24) is 4.72 Å². The number of sulfonamides is 1. The quantitative estimate of drug-likeness (QED) is 0.590. The van der Waals surface area contributed by atoms with Gasteiger partial charge in [-0.25, -0.2) is 13.1 Å². The van der Waals surface area contributed by atoms with Crippen molar-refractivity contribution in [1.29, 1.82) is 0 Å². The van der Waals surface area contributed by atoms with E-state index in [1.54, 1.807) is 32.9 Å². The van der Waals surface area contributed by atoms with Crippen LogP contribution in [-0.2, 0) is 14.8 Å². The zero-order valence-electron chi connectivity index (χ0n) is 14.2. The first-order valence-corrected chi connectivity index (χ1v) is 9.30. The Kier molecular flexibility index (Phi) is 5.68. The minimum absolute atomic E-state index is 0.201. The number of aliphatic hydroxyl groups is 3. The second-order valence-electron chi connectivity index (χ2n) is 6.43. The molecule has 0 aliphatic carbocycles. The van der Waals surface area contributed by atoms with Crippen LogP contribution >= 0.6 is 0 Å². The molecular weight excluding hydrogens is 334 g/mol. The van der Waals surface area contributed by atoms with Crippen LogP contribution in [0.1, 0.15) is 23.6 Å². The van der Waals surface area contributed by atoms with Crippen LogP contribution in [0.4, 0.5) is 0 Å². The molecule has 136 valence electrons. The van der Waals surface area contributed by atoms with E-state index in [1.165, 1.54) is 0 Å². The summed E-state index contributed by atoms with van der Waals surface area (Å²) in [5.41, 5.74) is 2.24. The molecule has 0 aromatic heterocycles. The summed E-state index contributed by atoms with van der Waals surface area (Å²) in [6.07, 6.45) is -5.63. The van der Waals surface area contributed by atoms with Crippen LogP contribution in [0.5, 0.6) is 0 Å². The molecule has 1 aromatic carbocycles. The maximum absolute atomic E-state index is 12.6. The number of aryl methyl sites for hydroxylation is 3. The first-order chi connectivity index (χ1) is 11.0.